The van der Waals surface area contributed by atoms with Crippen molar-refractivity contribution >= 4 is 46.4 Å². The van der Waals surface area contributed by atoms with Crippen LogP contribution in [0.3, 0.4) is 0 Å². The molecule has 7 rings (SSSR count). The summed E-state index contributed by atoms with van der Waals surface area (Å²) in [6.45, 7) is 33.8. The zero-order chi connectivity index (χ0) is 69.8. The highest BCUT2D eigenvalue weighted by Crippen LogP contribution is 2.45. The van der Waals surface area contributed by atoms with E-state index in [1.807, 2.05) is 97.9 Å². The van der Waals surface area contributed by atoms with Crippen LogP contribution in [0, 0.1) is 23.7 Å². The number of esters is 2. The summed E-state index contributed by atoms with van der Waals surface area (Å²) in [6.07, 6.45) is 2.00. The molecule has 4 heterocycles. The number of hydrogen-bond acceptors (Lipinski definition) is 17. The summed E-state index contributed by atoms with van der Waals surface area (Å²) in [5.74, 6) is -6.58. The van der Waals surface area contributed by atoms with Gasteiger partial charge in [-0.2, -0.15) is 0 Å². The molecule has 0 bridgehead atoms. The van der Waals surface area contributed by atoms with Crippen LogP contribution < -0.4 is 4.74 Å². The number of hydrogen-bond donors (Lipinski definition) is 0. The van der Waals surface area contributed by atoms with Crippen LogP contribution in [-0.4, -0.2) is 133 Å². The molecule has 2 amide bonds. The Bertz CT molecular complexity index is 3240. The van der Waals surface area contributed by atoms with Crippen molar-refractivity contribution in [2.75, 3.05) is 27.9 Å². The summed E-state index contributed by atoms with van der Waals surface area (Å²) < 4.78 is 70.0. The molecule has 3 aliphatic heterocycles. The van der Waals surface area contributed by atoms with Gasteiger partial charge in [-0.05, 0) is 118 Å². The van der Waals surface area contributed by atoms with E-state index in [2.05, 4.69) is 99.7 Å². The van der Waals surface area contributed by atoms with Gasteiger partial charge in [0.1, 0.15) is 30.6 Å². The summed E-state index contributed by atoms with van der Waals surface area (Å²) >= 11 is 0. The predicted octanol–water partition coefficient (Wildman–Crippen LogP) is 15.0. The Morgan fingerprint density at radius 2 is 1.44 bits per heavy atom. The lowest BCUT2D eigenvalue weighted by Gasteiger charge is -2.46. The van der Waals surface area contributed by atoms with Crippen LogP contribution in [-0.2, 0) is 87.2 Å². The van der Waals surface area contributed by atoms with Gasteiger partial charge in [0.2, 0.25) is 5.91 Å². The smallest absolute Gasteiger partial charge is 0.417 e. The molecule has 20 heteroatoms. The SMILES string of the molecule is COC(=O)/C=C1\C[C@H]([C@@H](CC[C@@H](O[Si](C)(C)C(C)(C)C)[C@@H](C)C(=O)[C@H](C[C@@H](C)c2cc(C[C@@H]3O[C@H](C=C(C)C)C[C@H](O[Si](C)(C)C(C)(C)C)[C@@H]3C)no2)C(=O)N2C(=O)OC[C@@H]2Cc2ccccc2)OCc2ccc(OC)cc2)O[C@](OC)([C@H](C)C(=O)OCc2ccccc2)C1. The molecule has 95 heavy (non-hydrogen) atoms. The Labute approximate surface area is 567 Å². The number of allylic oxidation sites excluding steroid dienone is 1. The highest BCUT2D eigenvalue weighted by atomic mass is 28.4. The molecule has 18 nitrogen and oxygen atoms in total. The van der Waals surface area contributed by atoms with Gasteiger partial charge in [0.25, 0.3) is 0 Å². The molecule has 0 aliphatic carbocycles. The number of Topliss-reactive ketones (excluding diaryl/α,β-unsaturated/α-hetero) is 1. The molecule has 1 aromatic heterocycles. The van der Waals surface area contributed by atoms with Gasteiger partial charge >= 0.3 is 18.0 Å². The van der Waals surface area contributed by atoms with Gasteiger partial charge < -0.3 is 51.3 Å². The van der Waals surface area contributed by atoms with Crippen LogP contribution >= 0.6 is 0 Å². The minimum Gasteiger partial charge on any atom is -0.497 e. The summed E-state index contributed by atoms with van der Waals surface area (Å²) in [7, 11) is -0.569. The Balaban J connectivity index is 1.24. The number of methoxy groups -OCH3 is 3. The van der Waals surface area contributed by atoms with Gasteiger partial charge in [-0.3, -0.25) is 14.4 Å². The van der Waals surface area contributed by atoms with Crippen LogP contribution in [0.2, 0.25) is 36.3 Å². The number of ether oxygens (including phenoxy) is 8. The van der Waals surface area contributed by atoms with Crippen molar-refractivity contribution in [2.45, 2.75) is 238 Å². The minimum atomic E-state index is -2.77. The molecule has 3 aromatic carbocycles. The highest BCUT2D eigenvalue weighted by Gasteiger charge is 2.52. The number of cyclic esters (lactones) is 1. The minimum absolute atomic E-state index is 0.0131. The molecule has 3 aliphatic rings. The molecule has 522 valence electrons. The van der Waals surface area contributed by atoms with Crippen LogP contribution in [0.4, 0.5) is 4.79 Å². The van der Waals surface area contributed by atoms with Gasteiger partial charge in [0.05, 0.1) is 75.1 Å². The van der Waals surface area contributed by atoms with Crippen molar-refractivity contribution in [2.24, 2.45) is 23.7 Å². The molecule has 3 fully saturated rings. The number of imide groups is 1. The molecule has 4 aromatic rings. The van der Waals surface area contributed by atoms with Crippen molar-refractivity contribution in [1.82, 2.24) is 10.1 Å². The normalized spacial score (nSPS) is 23.6. The maximum Gasteiger partial charge on any atom is 0.417 e. The van der Waals surface area contributed by atoms with E-state index in [4.69, 9.17) is 51.3 Å². The van der Waals surface area contributed by atoms with Gasteiger partial charge in [-0.25, -0.2) is 14.5 Å². The topological polar surface area (TPSA) is 207 Å². The first-order valence-electron chi connectivity index (χ1n) is 33.8. The van der Waals surface area contributed by atoms with Gasteiger partial charge in [0, 0.05) is 56.3 Å². The first-order chi connectivity index (χ1) is 44.7. The van der Waals surface area contributed by atoms with Crippen LogP contribution in [0.25, 0.3) is 0 Å². The standard InChI is InChI=1S/C75H108N2O16Si2/c1-48(2)36-60-43-66(93-95(18,19)74(10,11)12)50(4)65(89-60)42-57-41-64(91-76-57)49(3)37-61(70(80)77-58(47-88-72(77)82)38-53-26-22-20-23-27-53)69(79)51(5)62(92-94(16,17)73(7,8)9)34-35-63(86-45-55-30-32-59(83-13)33-31-55)67-39-56(40-68(78)84-14)44-75(85-15,90-67)52(6)71(81)87-46-54-28-24-21-25-29-54/h20-33,36,40-41,49-52,58,60-63,65-67H,34-35,37-39,42-47H2,1-19H3/b56-40+/t49-,50-,51-,52-,58+,60-,61+,62-,63-,65+,66+,67-,75+/m1/s1. The Morgan fingerprint density at radius 1 is 0.811 bits per heavy atom. The maximum atomic E-state index is 16.1. The van der Waals surface area contributed by atoms with Crippen molar-refractivity contribution < 1.29 is 75.2 Å². The third-order valence-corrected chi connectivity index (χ3v) is 29.4. The predicted molar refractivity (Wildman–Crippen MR) is 369 cm³/mol. The van der Waals surface area contributed by atoms with E-state index >= 15 is 9.59 Å². The number of rotatable bonds is 30. The maximum absolute atomic E-state index is 16.1. The molecular weight excluding hydrogens is 1240 g/mol. The van der Waals surface area contributed by atoms with Crippen LogP contribution in [0.15, 0.2) is 119 Å². The van der Waals surface area contributed by atoms with E-state index in [0.717, 1.165) is 33.6 Å². The zero-order valence-electron chi connectivity index (χ0n) is 59.9. The summed E-state index contributed by atoms with van der Waals surface area (Å²) in [5.41, 5.74) is 4.95. The molecule has 3 saturated heterocycles. The molecular formula is C75H108N2O16Si2. The van der Waals surface area contributed by atoms with Crippen molar-refractivity contribution in [3.63, 3.8) is 0 Å². The number of aromatic nitrogens is 1. The monoisotopic (exact) mass is 1350 g/mol. The third-order valence-electron chi connectivity index (χ3n) is 20.4. The number of benzene rings is 3. The van der Waals surface area contributed by atoms with E-state index in [0.29, 0.717) is 35.6 Å². The van der Waals surface area contributed by atoms with E-state index in [1.54, 1.807) is 21.0 Å². The van der Waals surface area contributed by atoms with E-state index in [-0.39, 0.29) is 86.2 Å². The zero-order valence-corrected chi connectivity index (χ0v) is 61.9. The molecule has 0 radical (unpaired) electrons. The number of carbonyl (C=O) groups excluding carboxylic acids is 5. The fourth-order valence-electron chi connectivity index (χ4n) is 12.3. The van der Waals surface area contributed by atoms with Gasteiger partial charge in [-0.1, -0.05) is 157 Å². The van der Waals surface area contributed by atoms with Gasteiger partial charge in [-0.15, -0.1) is 0 Å². The van der Waals surface area contributed by atoms with Crippen molar-refractivity contribution in [3.05, 3.63) is 142 Å². The molecule has 0 N–H and O–H groups in total. The highest BCUT2D eigenvalue weighted by molar-refractivity contribution is 6.74. The number of carbonyl (C=O) groups is 5. The number of ketones is 1. The van der Waals surface area contributed by atoms with E-state index < -0.39 is 100 Å². The number of nitrogens with zero attached hydrogens (tertiary/aromatic N) is 2. The van der Waals surface area contributed by atoms with Crippen LogP contribution in [0.5, 0.6) is 5.75 Å². The van der Waals surface area contributed by atoms with Gasteiger partial charge in [0.15, 0.2) is 28.2 Å². The molecule has 0 saturated carbocycles. The molecule has 0 unspecified atom stereocenters. The quantitative estimate of drug-likeness (QED) is 0.0119. The summed E-state index contributed by atoms with van der Waals surface area (Å²) in [6, 6.07) is 27.6. The Kier molecular flexibility index (Phi) is 26.5. The lowest BCUT2D eigenvalue weighted by molar-refractivity contribution is -0.297. The second-order valence-corrected chi connectivity index (χ2v) is 39.3. The Morgan fingerprint density at radius 3 is 2.04 bits per heavy atom. The van der Waals surface area contributed by atoms with E-state index in [1.165, 1.54) is 20.3 Å². The molecule has 0 spiro atoms. The van der Waals surface area contributed by atoms with Crippen molar-refractivity contribution in [3.8, 4) is 5.75 Å². The third kappa shape index (κ3) is 20.0. The average Bonchev–Trinajstić information content (AvgIpc) is 0.900. The first-order valence-corrected chi connectivity index (χ1v) is 39.6. The van der Waals surface area contributed by atoms with Crippen LogP contribution in [0.1, 0.15) is 156 Å². The van der Waals surface area contributed by atoms with E-state index in [9.17, 15) is 14.4 Å². The lowest BCUT2D eigenvalue weighted by atomic mass is 9.81. The summed E-state index contributed by atoms with van der Waals surface area (Å²) in [5, 5.41) is 4.29. The largest absolute Gasteiger partial charge is 0.497 e. The number of amides is 2. The summed E-state index contributed by atoms with van der Waals surface area (Å²) in [4.78, 5) is 74.3. The first kappa shape index (κ1) is 76.3. The van der Waals surface area contributed by atoms with Crippen molar-refractivity contribution in [1.29, 1.82) is 0 Å². The Hall–Kier alpha value is -6.11. The fourth-order valence-corrected chi connectivity index (χ4v) is 15.2. The molecule has 13 atom stereocenters. The second-order valence-electron chi connectivity index (χ2n) is 29.8. The lowest BCUT2D eigenvalue weighted by Crippen LogP contribution is -2.54. The average molecular weight is 1350 g/mol. The second kappa shape index (κ2) is 33.0. The fraction of sp³-hybridized carbons (Fsp3) is 0.600.